The zero-order chi connectivity index (χ0) is 15.7. The smallest absolute Gasteiger partial charge is 0.337 e. The van der Waals surface area contributed by atoms with E-state index in [1.165, 1.54) is 18.4 Å². The van der Waals surface area contributed by atoms with Crippen LogP contribution in [-0.4, -0.2) is 23.6 Å². The molecule has 1 saturated carbocycles. The largest absolute Gasteiger partial charge is 0.465 e. The third-order valence-electron chi connectivity index (χ3n) is 3.55. The van der Waals surface area contributed by atoms with E-state index >= 15 is 0 Å². The van der Waals surface area contributed by atoms with Crippen LogP contribution in [0.2, 0.25) is 0 Å². The van der Waals surface area contributed by atoms with Gasteiger partial charge in [0.1, 0.15) is 0 Å². The molecule has 0 spiro atoms. The van der Waals surface area contributed by atoms with E-state index in [2.05, 4.69) is 11.6 Å². The Labute approximate surface area is 131 Å². The number of aromatic nitrogens is 1. The fourth-order valence-corrected chi connectivity index (χ4v) is 3.31. The molecule has 0 atom stereocenters. The zero-order valence-corrected chi connectivity index (χ0v) is 13.1. The van der Waals surface area contributed by atoms with E-state index in [9.17, 15) is 9.59 Å². The van der Waals surface area contributed by atoms with Crippen LogP contribution in [0.4, 0.5) is 0 Å². The molecule has 1 fully saturated rings. The number of ether oxygens (including phenoxy) is 1. The van der Waals surface area contributed by atoms with Crippen molar-refractivity contribution in [1.82, 2.24) is 4.57 Å². The van der Waals surface area contributed by atoms with E-state index in [-0.39, 0.29) is 17.8 Å². The maximum atomic E-state index is 12.0. The van der Waals surface area contributed by atoms with Gasteiger partial charge in [0.05, 0.1) is 22.9 Å². The molecule has 0 unspecified atom stereocenters. The van der Waals surface area contributed by atoms with Gasteiger partial charge in [-0.25, -0.2) is 4.79 Å². The fourth-order valence-electron chi connectivity index (χ4n) is 2.22. The third-order valence-corrected chi connectivity index (χ3v) is 4.59. The third kappa shape index (κ3) is 2.74. The minimum absolute atomic E-state index is 0.0578. The zero-order valence-electron chi connectivity index (χ0n) is 12.2. The lowest BCUT2D eigenvalue weighted by Crippen LogP contribution is -2.16. The second-order valence-corrected chi connectivity index (χ2v) is 6.19. The highest BCUT2D eigenvalue weighted by Gasteiger charge is 2.29. The van der Waals surface area contributed by atoms with E-state index < -0.39 is 0 Å². The predicted molar refractivity (Wildman–Crippen MR) is 84.6 cm³/mol. The van der Waals surface area contributed by atoms with Gasteiger partial charge in [0, 0.05) is 12.5 Å². The summed E-state index contributed by atoms with van der Waals surface area (Å²) in [6.45, 7) is 4.32. The summed E-state index contributed by atoms with van der Waals surface area (Å²) in [7, 11) is 1.36. The molecule has 114 valence electrons. The first-order valence-corrected chi connectivity index (χ1v) is 7.87. The number of amides is 1. The van der Waals surface area contributed by atoms with Crippen molar-refractivity contribution in [3.8, 4) is 0 Å². The lowest BCUT2D eigenvalue weighted by molar-refractivity contribution is -0.119. The molecule has 0 saturated heterocycles. The van der Waals surface area contributed by atoms with Gasteiger partial charge in [-0.15, -0.1) is 6.58 Å². The highest BCUT2D eigenvalue weighted by molar-refractivity contribution is 7.16. The average Bonchev–Trinajstić information content (AvgIpc) is 3.32. The quantitative estimate of drug-likeness (QED) is 0.643. The highest BCUT2D eigenvalue weighted by atomic mass is 32.1. The molecule has 2 aromatic rings. The minimum atomic E-state index is -0.377. The molecule has 0 radical (unpaired) electrons. The second-order valence-electron chi connectivity index (χ2n) is 5.18. The molecule has 1 aliphatic carbocycles. The SMILES string of the molecule is C=CCn1c(=NC(=O)C2CC2)sc2cc(C(=O)OC)ccc21. The Kier molecular flexibility index (Phi) is 3.94. The topological polar surface area (TPSA) is 60.7 Å². The Morgan fingerprint density at radius 2 is 2.27 bits per heavy atom. The number of carbonyl (C=O) groups is 2. The van der Waals surface area contributed by atoms with E-state index in [0.717, 1.165) is 23.1 Å². The minimum Gasteiger partial charge on any atom is -0.465 e. The summed E-state index contributed by atoms with van der Waals surface area (Å²) in [5.74, 6) is -0.344. The van der Waals surface area contributed by atoms with Crippen molar-refractivity contribution >= 4 is 33.4 Å². The number of fused-ring (bicyclic) bond motifs is 1. The Morgan fingerprint density at radius 3 is 2.91 bits per heavy atom. The highest BCUT2D eigenvalue weighted by Crippen LogP contribution is 2.30. The molecule has 0 aliphatic heterocycles. The Hall–Kier alpha value is -2.21. The number of allylic oxidation sites excluding steroid dienone is 1. The number of thiazole rings is 1. The number of methoxy groups -OCH3 is 1. The molecular formula is C16H16N2O3S. The van der Waals surface area contributed by atoms with Crippen LogP contribution in [0.5, 0.6) is 0 Å². The van der Waals surface area contributed by atoms with Crippen molar-refractivity contribution in [1.29, 1.82) is 0 Å². The first-order chi connectivity index (χ1) is 10.6. The molecular weight excluding hydrogens is 300 g/mol. The van der Waals surface area contributed by atoms with Crippen molar-refractivity contribution in [3.63, 3.8) is 0 Å². The van der Waals surface area contributed by atoms with Crippen LogP contribution < -0.4 is 4.80 Å². The van der Waals surface area contributed by atoms with Crippen LogP contribution in [0.15, 0.2) is 35.8 Å². The molecule has 5 nitrogen and oxygen atoms in total. The van der Waals surface area contributed by atoms with Gasteiger partial charge in [0.2, 0.25) is 0 Å². The van der Waals surface area contributed by atoms with Crippen molar-refractivity contribution < 1.29 is 14.3 Å². The van der Waals surface area contributed by atoms with Gasteiger partial charge < -0.3 is 9.30 Å². The van der Waals surface area contributed by atoms with Gasteiger partial charge in [-0.2, -0.15) is 4.99 Å². The van der Waals surface area contributed by atoms with E-state index in [0.29, 0.717) is 16.9 Å². The molecule has 3 rings (SSSR count). The Bertz CT molecular complexity index is 828. The summed E-state index contributed by atoms with van der Waals surface area (Å²) < 4.78 is 7.57. The summed E-state index contributed by atoms with van der Waals surface area (Å²) in [6.07, 6.45) is 3.63. The molecule has 1 heterocycles. The summed E-state index contributed by atoms with van der Waals surface area (Å²) in [6, 6.07) is 5.33. The maximum Gasteiger partial charge on any atom is 0.337 e. The van der Waals surface area contributed by atoms with Gasteiger partial charge in [0.25, 0.3) is 5.91 Å². The number of nitrogens with zero attached hydrogens (tertiary/aromatic N) is 2. The molecule has 0 bridgehead atoms. The van der Waals surface area contributed by atoms with Crippen molar-refractivity contribution in [3.05, 3.63) is 41.2 Å². The molecule has 1 amide bonds. The van der Waals surface area contributed by atoms with Gasteiger partial charge >= 0.3 is 5.97 Å². The number of hydrogen-bond donors (Lipinski definition) is 0. The lowest BCUT2D eigenvalue weighted by atomic mass is 10.2. The fraction of sp³-hybridized carbons (Fsp3) is 0.312. The van der Waals surface area contributed by atoms with Gasteiger partial charge in [0.15, 0.2) is 4.80 Å². The normalized spacial score (nSPS) is 15.0. The van der Waals surface area contributed by atoms with Crippen molar-refractivity contribution in [2.45, 2.75) is 19.4 Å². The molecule has 1 aromatic carbocycles. The molecule has 6 heteroatoms. The van der Waals surface area contributed by atoms with E-state index in [4.69, 9.17) is 4.74 Å². The van der Waals surface area contributed by atoms with Crippen LogP contribution in [0.25, 0.3) is 10.2 Å². The number of hydrogen-bond acceptors (Lipinski definition) is 4. The number of benzene rings is 1. The summed E-state index contributed by atoms with van der Waals surface area (Å²) in [5, 5.41) is 0. The van der Waals surface area contributed by atoms with Crippen LogP contribution in [0.3, 0.4) is 0 Å². The van der Waals surface area contributed by atoms with Crippen molar-refractivity contribution in [2.75, 3.05) is 7.11 Å². The molecule has 1 aliphatic rings. The molecule has 22 heavy (non-hydrogen) atoms. The monoisotopic (exact) mass is 316 g/mol. The van der Waals surface area contributed by atoms with Gasteiger partial charge in [-0.05, 0) is 31.0 Å². The van der Waals surface area contributed by atoms with Crippen LogP contribution in [0.1, 0.15) is 23.2 Å². The maximum absolute atomic E-state index is 12.0. The predicted octanol–water partition coefficient (Wildman–Crippen LogP) is 2.51. The second kappa shape index (κ2) is 5.88. The standard InChI is InChI=1S/C16H16N2O3S/c1-3-8-18-12-7-6-11(15(20)21-2)9-13(12)22-16(18)17-14(19)10-4-5-10/h3,6-7,9-10H,1,4-5,8H2,2H3. The molecule has 1 aromatic heterocycles. The lowest BCUT2D eigenvalue weighted by Gasteiger charge is -2.02. The summed E-state index contributed by atoms with van der Waals surface area (Å²) in [5.41, 5.74) is 1.42. The van der Waals surface area contributed by atoms with E-state index in [1.54, 1.807) is 18.2 Å². The number of rotatable bonds is 4. The first-order valence-electron chi connectivity index (χ1n) is 7.05. The van der Waals surface area contributed by atoms with Crippen molar-refractivity contribution in [2.24, 2.45) is 10.9 Å². The first kappa shape index (κ1) is 14.7. The number of carbonyl (C=O) groups excluding carboxylic acids is 2. The van der Waals surface area contributed by atoms with Gasteiger partial charge in [-0.1, -0.05) is 17.4 Å². The van der Waals surface area contributed by atoms with Crippen LogP contribution in [-0.2, 0) is 16.1 Å². The van der Waals surface area contributed by atoms with E-state index in [1.807, 2.05) is 10.6 Å². The Balaban J connectivity index is 2.14. The van der Waals surface area contributed by atoms with Crippen LogP contribution >= 0.6 is 11.3 Å². The molecule has 0 N–H and O–H groups in total. The van der Waals surface area contributed by atoms with Gasteiger partial charge in [-0.3, -0.25) is 4.79 Å². The summed E-state index contributed by atoms with van der Waals surface area (Å²) in [4.78, 5) is 28.5. The average molecular weight is 316 g/mol. The van der Waals surface area contributed by atoms with Crippen LogP contribution in [0, 0.1) is 5.92 Å². The Morgan fingerprint density at radius 1 is 1.50 bits per heavy atom. The number of esters is 1. The summed E-state index contributed by atoms with van der Waals surface area (Å²) >= 11 is 1.40.